The summed E-state index contributed by atoms with van der Waals surface area (Å²) in [5.41, 5.74) is 5.12. The molecule has 0 radical (unpaired) electrons. The number of benzene rings is 3. The maximum atomic E-state index is 14.0. The zero-order chi connectivity index (χ0) is 51.9. The highest BCUT2D eigenvalue weighted by molar-refractivity contribution is 6.13. The number of imide groups is 1. The first-order chi connectivity index (χ1) is 35.1. The van der Waals surface area contributed by atoms with Crippen molar-refractivity contribution in [2.24, 2.45) is 15.9 Å². The van der Waals surface area contributed by atoms with E-state index in [-0.39, 0.29) is 73.7 Å². The molecule has 0 aromatic heterocycles. The van der Waals surface area contributed by atoms with Crippen LogP contribution in [0.4, 0.5) is 17.1 Å². The molecule has 5 heterocycles. The van der Waals surface area contributed by atoms with Gasteiger partial charge in [0.2, 0.25) is 17.7 Å². The van der Waals surface area contributed by atoms with E-state index < -0.39 is 23.9 Å². The number of fused-ring (bicyclic) bond motifs is 4. The van der Waals surface area contributed by atoms with Crippen LogP contribution in [0.2, 0.25) is 0 Å². The minimum atomic E-state index is -0.920. The number of anilines is 1. The summed E-state index contributed by atoms with van der Waals surface area (Å²) in [6.07, 6.45) is 13.3. The minimum Gasteiger partial charge on any atom is -0.493 e. The quantitative estimate of drug-likeness (QED) is 0.0779. The van der Waals surface area contributed by atoms with E-state index >= 15 is 0 Å². The topological polar surface area (TPSA) is 227 Å². The highest BCUT2D eigenvalue weighted by Gasteiger charge is 2.35. The van der Waals surface area contributed by atoms with Crippen LogP contribution in [-0.2, 0) is 24.0 Å². The summed E-state index contributed by atoms with van der Waals surface area (Å²) >= 11 is 0. The summed E-state index contributed by atoms with van der Waals surface area (Å²) in [5, 5.41) is 8.33. The first-order valence-electron chi connectivity index (χ1n) is 24.5. The molecule has 8 rings (SSSR count). The summed E-state index contributed by atoms with van der Waals surface area (Å²) < 4.78 is 23.5. The molecule has 5 aliphatic rings. The van der Waals surface area contributed by atoms with E-state index in [1.807, 2.05) is 31.5 Å². The highest BCUT2D eigenvalue weighted by atomic mass is 16.5. The Bertz CT molecular complexity index is 2830. The smallest absolute Gasteiger partial charge is 0.260 e. The zero-order valence-corrected chi connectivity index (χ0v) is 41.8. The van der Waals surface area contributed by atoms with Crippen LogP contribution >= 0.6 is 0 Å². The lowest BCUT2D eigenvalue weighted by Gasteiger charge is -2.24. The summed E-state index contributed by atoms with van der Waals surface area (Å²) in [7, 11) is 3.03. The molecule has 7 amide bonds. The van der Waals surface area contributed by atoms with Crippen LogP contribution in [0, 0.1) is 5.92 Å². The van der Waals surface area contributed by atoms with Crippen LogP contribution in [-0.4, -0.2) is 127 Å². The third-order valence-corrected chi connectivity index (χ3v) is 13.1. The number of carbonyl (C=O) groups excluding carboxylic acids is 7. The second-order valence-electron chi connectivity index (χ2n) is 18.8. The van der Waals surface area contributed by atoms with Gasteiger partial charge in [-0.15, -0.1) is 0 Å². The maximum absolute atomic E-state index is 14.0. The van der Waals surface area contributed by atoms with Gasteiger partial charge in [0.15, 0.2) is 23.0 Å². The molecule has 5 aliphatic heterocycles. The van der Waals surface area contributed by atoms with Crippen molar-refractivity contribution in [1.29, 1.82) is 0 Å². The second kappa shape index (κ2) is 22.5. The largest absolute Gasteiger partial charge is 0.493 e. The fourth-order valence-corrected chi connectivity index (χ4v) is 9.10. The van der Waals surface area contributed by atoms with Gasteiger partial charge in [-0.05, 0) is 74.4 Å². The number of nitrogens with one attached hydrogen (secondary N) is 3. The number of hydrogen-bond donors (Lipinski definition) is 3. The monoisotopic (exact) mass is 996 g/mol. The number of carbonyl (C=O) groups is 7. The number of hydrogen-bond acceptors (Lipinski definition) is 13. The van der Waals surface area contributed by atoms with Crippen molar-refractivity contribution in [3.05, 3.63) is 95.3 Å². The van der Waals surface area contributed by atoms with Gasteiger partial charge in [-0.25, -0.2) is 0 Å². The van der Waals surface area contributed by atoms with Gasteiger partial charge in [0.1, 0.15) is 12.1 Å². The molecule has 3 N–H and O–H groups in total. The van der Waals surface area contributed by atoms with Crippen LogP contribution in [0.5, 0.6) is 23.0 Å². The molecule has 0 aliphatic carbocycles. The number of amides is 7. The third kappa shape index (κ3) is 11.7. The molecule has 0 bridgehead atoms. The fraction of sp³-hybridized carbons (Fsp3) is 0.389. The predicted molar refractivity (Wildman–Crippen MR) is 273 cm³/mol. The molecule has 0 unspecified atom stereocenters. The van der Waals surface area contributed by atoms with Gasteiger partial charge in [-0.3, -0.25) is 48.4 Å². The Morgan fingerprint density at radius 3 is 1.84 bits per heavy atom. The van der Waals surface area contributed by atoms with E-state index in [0.717, 1.165) is 28.0 Å². The molecule has 0 fully saturated rings. The third-order valence-electron chi connectivity index (χ3n) is 13.1. The van der Waals surface area contributed by atoms with Crippen molar-refractivity contribution in [1.82, 2.24) is 25.3 Å². The molecular formula is C54H60N8O11. The van der Waals surface area contributed by atoms with Crippen molar-refractivity contribution in [2.75, 3.05) is 39.3 Å². The van der Waals surface area contributed by atoms with Gasteiger partial charge in [-0.2, -0.15) is 0 Å². The Morgan fingerprint density at radius 1 is 0.685 bits per heavy atom. The van der Waals surface area contributed by atoms with E-state index in [1.165, 1.54) is 26.4 Å². The van der Waals surface area contributed by atoms with Gasteiger partial charge in [-0.1, -0.05) is 38.0 Å². The number of methoxy groups -OCH3 is 2. The lowest BCUT2D eigenvalue weighted by atomic mass is 10.0. The Morgan fingerprint density at radius 2 is 1.26 bits per heavy atom. The number of unbranched alkanes of at least 4 members (excludes halogenated alkanes) is 2. The maximum Gasteiger partial charge on any atom is 0.260 e. The Kier molecular flexibility index (Phi) is 15.8. The van der Waals surface area contributed by atoms with Crippen LogP contribution in [0.3, 0.4) is 0 Å². The van der Waals surface area contributed by atoms with Gasteiger partial charge in [0, 0.05) is 80.6 Å². The van der Waals surface area contributed by atoms with Crippen molar-refractivity contribution in [3.8, 4) is 23.0 Å². The summed E-state index contributed by atoms with van der Waals surface area (Å²) in [6, 6.07) is 11.6. The molecule has 73 heavy (non-hydrogen) atoms. The average Bonchev–Trinajstić information content (AvgIpc) is 4.03. The number of aliphatic imine (C=N–C) groups is 2. The molecule has 3 aromatic rings. The predicted octanol–water partition coefficient (Wildman–Crippen LogP) is 6.43. The van der Waals surface area contributed by atoms with Crippen LogP contribution in [0.15, 0.2) is 88.6 Å². The average molecular weight is 997 g/mol. The number of ether oxygens (including phenoxy) is 4. The summed E-state index contributed by atoms with van der Waals surface area (Å²) in [5.74, 6) is -0.900. The van der Waals surface area contributed by atoms with Crippen molar-refractivity contribution >= 4 is 76.4 Å². The molecule has 3 aromatic carbocycles. The SMILES string of the molecule is COc1cc2c(cc1OCCCOc1cc3c(cc1OC)C(=O)N1C=C(c4ccc(NC(=O)[C@H](C)NC(=O)[C@@H](NC(=O)CCCCCN5C(=O)C=CC5=O)C(C)C)cc4)C[C@H]1C=N3)N=C[C@@H]1CC(C)=CN1C2=O. The normalized spacial score (nSPS) is 18.3. The Labute approximate surface area is 423 Å². The molecule has 0 saturated carbocycles. The molecule has 382 valence electrons. The fourth-order valence-electron chi connectivity index (χ4n) is 9.10. The standard InChI is InChI=1S/C54H60N8O11/c1-31(2)50(59-47(63)11-8-7-9-18-60-48(64)16-17-49(60)65)52(67)57-33(4)51(66)58-36-14-12-34(13-15-36)35-22-38-28-56-42-26-46(44(71-6)24-40(42)54(69)62(38)30-35)73-20-10-19-72-45-25-41-39(23-43(45)70-5)53(68)61-29-32(3)21-37(61)27-55-41/h12-17,23-31,33,37-38,50H,7-11,18-22H2,1-6H3,(H,57,67)(H,58,66)(H,59,63)/t33-,37-,38-,50-/m0/s1. The van der Waals surface area contributed by atoms with E-state index in [0.29, 0.717) is 83.3 Å². The van der Waals surface area contributed by atoms with Gasteiger partial charge >= 0.3 is 0 Å². The van der Waals surface area contributed by atoms with Crippen molar-refractivity contribution < 1.29 is 52.5 Å². The number of nitrogens with zero attached hydrogens (tertiary/aromatic N) is 5. The van der Waals surface area contributed by atoms with Crippen molar-refractivity contribution in [3.63, 3.8) is 0 Å². The van der Waals surface area contributed by atoms with E-state index in [9.17, 15) is 33.6 Å². The zero-order valence-electron chi connectivity index (χ0n) is 41.8. The van der Waals surface area contributed by atoms with Crippen LogP contribution < -0.4 is 34.9 Å². The van der Waals surface area contributed by atoms with Crippen LogP contribution in [0.1, 0.15) is 98.9 Å². The molecule has 0 saturated heterocycles. The van der Waals surface area contributed by atoms with E-state index in [1.54, 1.807) is 79.4 Å². The minimum absolute atomic E-state index is 0.119. The van der Waals surface area contributed by atoms with E-state index in [4.69, 9.17) is 23.9 Å². The summed E-state index contributed by atoms with van der Waals surface area (Å²) in [6.45, 7) is 7.98. The highest BCUT2D eigenvalue weighted by Crippen LogP contribution is 2.41. The molecular weight excluding hydrogens is 937 g/mol. The van der Waals surface area contributed by atoms with Gasteiger partial charge in [0.25, 0.3) is 23.6 Å². The summed E-state index contributed by atoms with van der Waals surface area (Å²) in [4.78, 5) is 104. The lowest BCUT2D eigenvalue weighted by Crippen LogP contribution is -2.53. The first-order valence-corrected chi connectivity index (χ1v) is 24.5. The molecule has 19 nitrogen and oxygen atoms in total. The second-order valence-corrected chi connectivity index (χ2v) is 18.8. The molecule has 19 heteroatoms. The van der Waals surface area contributed by atoms with Gasteiger partial charge < -0.3 is 44.7 Å². The Balaban J connectivity index is 0.802. The molecule has 0 spiro atoms. The van der Waals surface area contributed by atoms with Crippen molar-refractivity contribution in [2.45, 2.75) is 96.8 Å². The van der Waals surface area contributed by atoms with E-state index in [2.05, 4.69) is 20.9 Å². The Hall–Kier alpha value is -8.09. The van der Waals surface area contributed by atoms with Crippen LogP contribution in [0.25, 0.3) is 5.57 Å². The molecule has 4 atom stereocenters. The number of rotatable bonds is 21. The first kappa shape index (κ1) is 51.3. The van der Waals surface area contributed by atoms with Gasteiger partial charge in [0.05, 0.1) is 62.0 Å². The lowest BCUT2D eigenvalue weighted by molar-refractivity contribution is -0.137.